The van der Waals surface area contributed by atoms with E-state index in [1.54, 1.807) is 0 Å². The Hall–Kier alpha value is -2.06. The summed E-state index contributed by atoms with van der Waals surface area (Å²) >= 11 is 0. The van der Waals surface area contributed by atoms with Gasteiger partial charge in [0.15, 0.2) is 0 Å². The van der Waals surface area contributed by atoms with E-state index in [1.807, 2.05) is 13.2 Å². The molecule has 1 heterocycles. The van der Waals surface area contributed by atoms with Gasteiger partial charge in [0, 0.05) is 17.6 Å². The van der Waals surface area contributed by atoms with Crippen molar-refractivity contribution in [3.63, 3.8) is 0 Å². The fourth-order valence-corrected chi connectivity index (χ4v) is 2.78. The van der Waals surface area contributed by atoms with Crippen LogP contribution in [0, 0.1) is 0 Å². The quantitative estimate of drug-likeness (QED) is 0.718. The summed E-state index contributed by atoms with van der Waals surface area (Å²) in [5.74, 6) is 0.441. The number of aromatic nitrogens is 1. The first-order chi connectivity index (χ1) is 9.88. The van der Waals surface area contributed by atoms with E-state index in [4.69, 9.17) is 0 Å². The third kappa shape index (κ3) is 2.61. The summed E-state index contributed by atoms with van der Waals surface area (Å²) in [5.41, 5.74) is 3.97. The largest absolute Gasteiger partial charge is 0.361 e. The zero-order valence-corrected chi connectivity index (χ0v) is 11.8. The molecule has 0 fully saturated rings. The van der Waals surface area contributed by atoms with E-state index in [2.05, 4.69) is 64.9 Å². The molecule has 0 aliphatic heterocycles. The van der Waals surface area contributed by atoms with Crippen LogP contribution < -0.4 is 5.32 Å². The van der Waals surface area contributed by atoms with Crippen LogP contribution in [0.15, 0.2) is 60.8 Å². The Morgan fingerprint density at radius 2 is 1.85 bits per heavy atom. The Kier molecular flexibility index (Phi) is 3.84. The number of hydrogen-bond acceptors (Lipinski definition) is 1. The van der Waals surface area contributed by atoms with Crippen LogP contribution in [0.2, 0.25) is 0 Å². The molecule has 102 valence electrons. The van der Waals surface area contributed by atoms with Gasteiger partial charge in [0.05, 0.1) is 0 Å². The van der Waals surface area contributed by atoms with Crippen LogP contribution in [-0.2, 0) is 0 Å². The molecule has 1 aromatic heterocycles. The molecule has 2 aromatic carbocycles. The smallest absolute Gasteiger partial charge is 0.0456 e. The van der Waals surface area contributed by atoms with E-state index in [0.717, 1.165) is 13.0 Å². The van der Waals surface area contributed by atoms with Gasteiger partial charge in [-0.3, -0.25) is 0 Å². The lowest BCUT2D eigenvalue weighted by atomic mass is 9.88. The summed E-state index contributed by atoms with van der Waals surface area (Å²) in [6.45, 7) is 1.02. The van der Waals surface area contributed by atoms with E-state index >= 15 is 0 Å². The number of rotatable bonds is 5. The number of aromatic amines is 1. The van der Waals surface area contributed by atoms with Gasteiger partial charge in [-0.1, -0.05) is 42.5 Å². The van der Waals surface area contributed by atoms with Gasteiger partial charge in [-0.2, -0.15) is 0 Å². The summed E-state index contributed by atoms with van der Waals surface area (Å²) in [6, 6.07) is 19.6. The van der Waals surface area contributed by atoms with Crippen molar-refractivity contribution in [2.24, 2.45) is 0 Å². The van der Waals surface area contributed by atoms with Gasteiger partial charge in [0.1, 0.15) is 0 Å². The average Bonchev–Trinajstić information content (AvgIpc) is 2.96. The fraction of sp³-hybridized carbons (Fsp3) is 0.222. The van der Waals surface area contributed by atoms with Crippen LogP contribution in [-0.4, -0.2) is 18.6 Å². The van der Waals surface area contributed by atoms with Crippen LogP contribution in [0.4, 0.5) is 0 Å². The van der Waals surface area contributed by atoms with Crippen molar-refractivity contribution < 1.29 is 0 Å². The Morgan fingerprint density at radius 3 is 2.65 bits per heavy atom. The number of fused-ring (bicyclic) bond motifs is 1. The van der Waals surface area contributed by atoms with Crippen LogP contribution in [0.5, 0.6) is 0 Å². The van der Waals surface area contributed by atoms with Crippen molar-refractivity contribution in [3.8, 4) is 0 Å². The van der Waals surface area contributed by atoms with Crippen LogP contribution >= 0.6 is 0 Å². The molecular weight excluding hydrogens is 244 g/mol. The molecule has 2 heteroatoms. The fourth-order valence-electron chi connectivity index (χ4n) is 2.78. The molecule has 0 bridgehead atoms. The first kappa shape index (κ1) is 12.9. The summed E-state index contributed by atoms with van der Waals surface area (Å²) in [6.07, 6.45) is 3.10. The molecule has 2 nitrogen and oxygen atoms in total. The minimum atomic E-state index is 0.441. The summed E-state index contributed by atoms with van der Waals surface area (Å²) in [5, 5.41) is 4.53. The number of H-pyrrole nitrogens is 1. The Labute approximate surface area is 119 Å². The topological polar surface area (TPSA) is 27.8 Å². The first-order valence-electron chi connectivity index (χ1n) is 7.15. The molecule has 0 aliphatic rings. The van der Waals surface area contributed by atoms with Gasteiger partial charge in [0.25, 0.3) is 0 Å². The predicted molar refractivity (Wildman–Crippen MR) is 85.1 cm³/mol. The molecule has 0 saturated heterocycles. The van der Waals surface area contributed by atoms with Crippen LogP contribution in [0.25, 0.3) is 10.9 Å². The highest BCUT2D eigenvalue weighted by Gasteiger charge is 2.14. The number of nitrogens with one attached hydrogen (secondary N) is 2. The van der Waals surface area contributed by atoms with Crippen molar-refractivity contribution in [3.05, 3.63) is 71.9 Å². The van der Waals surface area contributed by atoms with E-state index in [0.29, 0.717) is 5.92 Å². The van der Waals surface area contributed by atoms with Gasteiger partial charge in [-0.05, 0) is 48.7 Å². The van der Waals surface area contributed by atoms with Gasteiger partial charge in [-0.25, -0.2) is 0 Å². The maximum atomic E-state index is 3.31. The Bertz CT molecular complexity index is 670. The third-order valence-electron chi connectivity index (χ3n) is 3.87. The Morgan fingerprint density at radius 1 is 1.00 bits per heavy atom. The molecule has 0 amide bonds. The molecule has 0 radical (unpaired) electrons. The molecule has 2 N–H and O–H groups in total. The summed E-state index contributed by atoms with van der Waals surface area (Å²) in [7, 11) is 2.01. The standard InChI is InChI=1S/C18H20N2/c1-19-11-10-17(14-5-3-2-4-6-14)16-8-7-15-9-12-20-18(15)13-16/h2-9,12-13,17,19-20H,10-11H2,1H3. The lowest BCUT2D eigenvalue weighted by Crippen LogP contribution is -2.13. The average molecular weight is 264 g/mol. The van der Waals surface area contributed by atoms with Crippen molar-refractivity contribution in [2.75, 3.05) is 13.6 Å². The summed E-state index contributed by atoms with van der Waals surface area (Å²) < 4.78 is 0. The summed E-state index contributed by atoms with van der Waals surface area (Å²) in [4.78, 5) is 3.31. The van der Waals surface area contributed by atoms with Crippen LogP contribution in [0.1, 0.15) is 23.5 Å². The molecule has 0 spiro atoms. The zero-order valence-electron chi connectivity index (χ0n) is 11.8. The van der Waals surface area contributed by atoms with E-state index in [1.165, 1.54) is 22.0 Å². The monoisotopic (exact) mass is 264 g/mol. The highest BCUT2D eigenvalue weighted by Crippen LogP contribution is 2.29. The van der Waals surface area contributed by atoms with E-state index < -0.39 is 0 Å². The second kappa shape index (κ2) is 5.93. The Balaban J connectivity index is 1.99. The zero-order chi connectivity index (χ0) is 13.8. The normalized spacial score (nSPS) is 12.7. The highest BCUT2D eigenvalue weighted by atomic mass is 14.8. The predicted octanol–water partition coefficient (Wildman–Crippen LogP) is 3.91. The molecule has 0 saturated carbocycles. The number of hydrogen-bond donors (Lipinski definition) is 2. The minimum absolute atomic E-state index is 0.441. The lowest BCUT2D eigenvalue weighted by Gasteiger charge is -2.18. The van der Waals surface area contributed by atoms with Gasteiger partial charge >= 0.3 is 0 Å². The first-order valence-corrected chi connectivity index (χ1v) is 7.15. The molecule has 1 unspecified atom stereocenters. The molecule has 0 aliphatic carbocycles. The van der Waals surface area contributed by atoms with Crippen molar-refractivity contribution in [1.29, 1.82) is 0 Å². The van der Waals surface area contributed by atoms with Gasteiger partial charge in [0.2, 0.25) is 0 Å². The van der Waals surface area contributed by atoms with Crippen molar-refractivity contribution in [1.82, 2.24) is 10.3 Å². The molecule has 3 rings (SSSR count). The molecular formula is C18H20N2. The second-order valence-electron chi connectivity index (χ2n) is 5.18. The highest BCUT2D eigenvalue weighted by molar-refractivity contribution is 5.80. The van der Waals surface area contributed by atoms with E-state index in [-0.39, 0.29) is 0 Å². The third-order valence-corrected chi connectivity index (χ3v) is 3.87. The maximum Gasteiger partial charge on any atom is 0.0456 e. The SMILES string of the molecule is CNCCC(c1ccccc1)c1ccc2cc[nH]c2c1. The number of benzene rings is 2. The van der Waals surface area contributed by atoms with Crippen molar-refractivity contribution in [2.45, 2.75) is 12.3 Å². The molecule has 20 heavy (non-hydrogen) atoms. The lowest BCUT2D eigenvalue weighted by molar-refractivity contribution is 0.662. The molecule has 1 atom stereocenters. The van der Waals surface area contributed by atoms with Gasteiger partial charge in [-0.15, -0.1) is 0 Å². The van der Waals surface area contributed by atoms with Crippen molar-refractivity contribution >= 4 is 10.9 Å². The minimum Gasteiger partial charge on any atom is -0.361 e. The second-order valence-corrected chi connectivity index (χ2v) is 5.18. The van der Waals surface area contributed by atoms with E-state index in [9.17, 15) is 0 Å². The maximum absolute atomic E-state index is 3.31. The van der Waals surface area contributed by atoms with Crippen LogP contribution in [0.3, 0.4) is 0 Å². The van der Waals surface area contributed by atoms with Gasteiger partial charge < -0.3 is 10.3 Å². The molecule has 3 aromatic rings.